The van der Waals surface area contributed by atoms with Crippen LogP contribution < -0.4 is 4.74 Å². The fourth-order valence-electron chi connectivity index (χ4n) is 1.56. The van der Waals surface area contributed by atoms with Crippen LogP contribution in [-0.2, 0) is 11.3 Å². The van der Waals surface area contributed by atoms with E-state index in [1.807, 2.05) is 24.3 Å². The Bertz CT molecular complexity index is 390. The van der Waals surface area contributed by atoms with Crippen LogP contribution in [0, 0.1) is 0 Å². The van der Waals surface area contributed by atoms with Crippen molar-refractivity contribution in [3.63, 3.8) is 0 Å². The molecule has 1 amide bonds. The SMILES string of the molecule is C=CC(=O)N(CCO)Cc1ccccc1OC. The van der Waals surface area contributed by atoms with Gasteiger partial charge in [-0.25, -0.2) is 0 Å². The van der Waals surface area contributed by atoms with Crippen LogP contribution in [0.25, 0.3) is 0 Å². The van der Waals surface area contributed by atoms with Crippen molar-refractivity contribution >= 4 is 5.91 Å². The first-order valence-electron chi connectivity index (χ1n) is 5.37. The summed E-state index contributed by atoms with van der Waals surface area (Å²) in [5.41, 5.74) is 0.902. The molecule has 0 aliphatic carbocycles. The lowest BCUT2D eigenvalue weighted by Gasteiger charge is -2.21. The highest BCUT2D eigenvalue weighted by Gasteiger charge is 2.12. The van der Waals surface area contributed by atoms with Crippen molar-refractivity contribution in [3.8, 4) is 5.75 Å². The number of aliphatic hydroxyl groups is 1. The molecule has 1 aromatic carbocycles. The maximum atomic E-state index is 11.6. The van der Waals surface area contributed by atoms with E-state index in [2.05, 4.69) is 6.58 Å². The van der Waals surface area contributed by atoms with Gasteiger partial charge in [-0.3, -0.25) is 4.79 Å². The van der Waals surface area contributed by atoms with Crippen molar-refractivity contribution in [3.05, 3.63) is 42.5 Å². The van der Waals surface area contributed by atoms with Crippen LogP contribution in [0.4, 0.5) is 0 Å². The average molecular weight is 235 g/mol. The van der Waals surface area contributed by atoms with E-state index in [0.717, 1.165) is 11.3 Å². The number of methoxy groups -OCH3 is 1. The number of aliphatic hydroxyl groups excluding tert-OH is 1. The monoisotopic (exact) mass is 235 g/mol. The maximum Gasteiger partial charge on any atom is 0.246 e. The van der Waals surface area contributed by atoms with Gasteiger partial charge >= 0.3 is 0 Å². The number of para-hydroxylation sites is 1. The number of amides is 1. The van der Waals surface area contributed by atoms with Crippen LogP contribution in [0.3, 0.4) is 0 Å². The molecule has 0 fully saturated rings. The zero-order valence-electron chi connectivity index (χ0n) is 9.93. The summed E-state index contributed by atoms with van der Waals surface area (Å²) in [4.78, 5) is 13.1. The lowest BCUT2D eigenvalue weighted by molar-refractivity contribution is -0.127. The molecule has 0 saturated carbocycles. The van der Waals surface area contributed by atoms with Crippen molar-refractivity contribution in [2.45, 2.75) is 6.54 Å². The molecule has 0 aliphatic rings. The van der Waals surface area contributed by atoms with Crippen LogP contribution in [0.1, 0.15) is 5.56 Å². The molecular formula is C13H17NO3. The zero-order valence-corrected chi connectivity index (χ0v) is 9.93. The van der Waals surface area contributed by atoms with Crippen molar-refractivity contribution < 1.29 is 14.6 Å². The molecule has 0 atom stereocenters. The van der Waals surface area contributed by atoms with Gasteiger partial charge in [0.25, 0.3) is 0 Å². The van der Waals surface area contributed by atoms with Gasteiger partial charge in [0.15, 0.2) is 0 Å². The van der Waals surface area contributed by atoms with Crippen LogP contribution in [-0.4, -0.2) is 36.2 Å². The highest BCUT2D eigenvalue weighted by Crippen LogP contribution is 2.19. The minimum absolute atomic E-state index is 0.0747. The summed E-state index contributed by atoms with van der Waals surface area (Å²) in [6.07, 6.45) is 1.24. The van der Waals surface area contributed by atoms with E-state index in [1.165, 1.54) is 11.0 Å². The molecule has 4 nitrogen and oxygen atoms in total. The molecule has 0 aromatic heterocycles. The van der Waals surface area contributed by atoms with Gasteiger partial charge in [-0.15, -0.1) is 0 Å². The standard InChI is InChI=1S/C13H17NO3/c1-3-13(16)14(8-9-15)10-11-6-4-5-7-12(11)17-2/h3-7,15H,1,8-10H2,2H3. The average Bonchev–Trinajstić information content (AvgIpc) is 2.38. The Morgan fingerprint density at radius 3 is 2.82 bits per heavy atom. The van der Waals surface area contributed by atoms with Crippen molar-refractivity contribution in [2.24, 2.45) is 0 Å². The highest BCUT2D eigenvalue weighted by atomic mass is 16.5. The molecule has 0 aliphatic heterocycles. The summed E-state index contributed by atoms with van der Waals surface area (Å²) in [6.45, 7) is 4.05. The molecular weight excluding hydrogens is 218 g/mol. The Morgan fingerprint density at radius 1 is 1.53 bits per heavy atom. The van der Waals surface area contributed by atoms with E-state index < -0.39 is 0 Å². The molecule has 0 spiro atoms. The van der Waals surface area contributed by atoms with Gasteiger partial charge in [0, 0.05) is 18.7 Å². The summed E-state index contributed by atoms with van der Waals surface area (Å²) in [5.74, 6) is 0.525. The quantitative estimate of drug-likeness (QED) is 0.754. The number of ether oxygens (including phenoxy) is 1. The first-order valence-corrected chi connectivity index (χ1v) is 5.37. The molecule has 0 unspecified atom stereocenters. The number of rotatable bonds is 6. The third-order valence-corrected chi connectivity index (χ3v) is 2.41. The number of hydrogen-bond donors (Lipinski definition) is 1. The highest BCUT2D eigenvalue weighted by molar-refractivity contribution is 5.87. The first-order chi connectivity index (χ1) is 8.22. The molecule has 0 saturated heterocycles. The Labute approximate surface area is 101 Å². The molecule has 1 aromatic rings. The summed E-state index contributed by atoms with van der Waals surface area (Å²) < 4.78 is 5.21. The predicted octanol–water partition coefficient (Wildman–Crippen LogP) is 1.20. The predicted molar refractivity (Wildman–Crippen MR) is 65.7 cm³/mol. The molecule has 17 heavy (non-hydrogen) atoms. The number of carbonyl (C=O) groups excluding carboxylic acids is 1. The smallest absolute Gasteiger partial charge is 0.246 e. The van der Waals surface area contributed by atoms with Crippen LogP contribution in [0.2, 0.25) is 0 Å². The molecule has 1 N–H and O–H groups in total. The summed E-state index contributed by atoms with van der Waals surface area (Å²) >= 11 is 0. The summed E-state index contributed by atoms with van der Waals surface area (Å²) in [7, 11) is 1.59. The molecule has 1 rings (SSSR count). The third-order valence-electron chi connectivity index (χ3n) is 2.41. The van der Waals surface area contributed by atoms with Crippen LogP contribution in [0.5, 0.6) is 5.75 Å². The first kappa shape index (κ1) is 13.3. The van der Waals surface area contributed by atoms with E-state index >= 15 is 0 Å². The number of benzene rings is 1. The van der Waals surface area contributed by atoms with Gasteiger partial charge in [0.05, 0.1) is 13.7 Å². The van der Waals surface area contributed by atoms with Crippen LogP contribution in [0.15, 0.2) is 36.9 Å². The van der Waals surface area contributed by atoms with E-state index in [4.69, 9.17) is 9.84 Å². The Morgan fingerprint density at radius 2 is 2.24 bits per heavy atom. The summed E-state index contributed by atoms with van der Waals surface area (Å²) in [6, 6.07) is 7.48. The van der Waals surface area contributed by atoms with E-state index in [9.17, 15) is 4.79 Å². The largest absolute Gasteiger partial charge is 0.496 e. The number of carbonyl (C=O) groups is 1. The second-order valence-electron chi connectivity index (χ2n) is 3.50. The van der Waals surface area contributed by atoms with E-state index in [-0.39, 0.29) is 19.1 Å². The van der Waals surface area contributed by atoms with Crippen LogP contribution >= 0.6 is 0 Å². The minimum atomic E-state index is -0.204. The Balaban J connectivity index is 2.85. The molecule has 0 bridgehead atoms. The Kier molecular flexibility index (Phi) is 5.23. The Hall–Kier alpha value is -1.81. The minimum Gasteiger partial charge on any atom is -0.496 e. The fourth-order valence-corrected chi connectivity index (χ4v) is 1.56. The van der Waals surface area contributed by atoms with Crippen molar-refractivity contribution in [2.75, 3.05) is 20.3 Å². The van der Waals surface area contributed by atoms with E-state index in [1.54, 1.807) is 7.11 Å². The van der Waals surface area contributed by atoms with Gasteiger partial charge in [0.2, 0.25) is 5.91 Å². The molecule has 0 radical (unpaired) electrons. The van der Waals surface area contributed by atoms with Gasteiger partial charge in [-0.05, 0) is 12.1 Å². The number of hydrogen-bond acceptors (Lipinski definition) is 3. The normalized spacial score (nSPS) is 9.76. The fraction of sp³-hybridized carbons (Fsp3) is 0.308. The van der Waals surface area contributed by atoms with Crippen molar-refractivity contribution in [1.29, 1.82) is 0 Å². The van der Waals surface area contributed by atoms with E-state index in [0.29, 0.717) is 6.54 Å². The molecule has 92 valence electrons. The molecule has 4 heteroatoms. The van der Waals surface area contributed by atoms with Gasteiger partial charge in [-0.2, -0.15) is 0 Å². The van der Waals surface area contributed by atoms with Crippen molar-refractivity contribution in [1.82, 2.24) is 4.90 Å². The maximum absolute atomic E-state index is 11.6. The third kappa shape index (κ3) is 3.60. The van der Waals surface area contributed by atoms with Gasteiger partial charge in [-0.1, -0.05) is 24.8 Å². The zero-order chi connectivity index (χ0) is 12.7. The summed E-state index contributed by atoms with van der Waals surface area (Å²) in [5, 5.41) is 8.93. The van der Waals surface area contributed by atoms with Gasteiger partial charge in [0.1, 0.15) is 5.75 Å². The lowest BCUT2D eigenvalue weighted by Crippen LogP contribution is -2.31. The second kappa shape index (κ2) is 6.70. The second-order valence-corrected chi connectivity index (χ2v) is 3.50. The van der Waals surface area contributed by atoms with Gasteiger partial charge < -0.3 is 14.7 Å². The lowest BCUT2D eigenvalue weighted by atomic mass is 10.2. The molecule has 0 heterocycles. The number of nitrogens with zero attached hydrogens (tertiary/aromatic N) is 1. The topological polar surface area (TPSA) is 49.8 Å².